The monoisotopic (exact) mass is 257 g/mol. The zero-order valence-corrected chi connectivity index (χ0v) is 7.85. The van der Waals surface area contributed by atoms with E-state index in [1.807, 2.05) is 0 Å². The standard InChI is InChI=1S/C5H12IN3O/c6-5(10)9-4-3-8-2-1-7/h8H,1-4,7H2,(H,9,10). The Morgan fingerprint density at radius 3 is 2.60 bits per heavy atom. The Labute approximate surface area is 74.1 Å². The van der Waals surface area contributed by atoms with Crippen LogP contribution >= 0.6 is 22.6 Å². The number of nitrogens with two attached hydrogens (primary N) is 1. The van der Waals surface area contributed by atoms with Crippen LogP contribution in [-0.4, -0.2) is 30.1 Å². The van der Waals surface area contributed by atoms with Crippen LogP contribution in [0.1, 0.15) is 0 Å². The molecule has 0 aliphatic heterocycles. The lowest BCUT2D eigenvalue weighted by atomic mass is 10.5. The smallest absolute Gasteiger partial charge is 0.280 e. The molecule has 0 aromatic rings. The number of nitrogens with one attached hydrogen (secondary N) is 2. The molecule has 0 radical (unpaired) electrons. The van der Waals surface area contributed by atoms with E-state index < -0.39 is 0 Å². The number of hydrogen-bond acceptors (Lipinski definition) is 3. The number of carbonyl (C=O) groups is 1. The second kappa shape index (κ2) is 7.23. The summed E-state index contributed by atoms with van der Waals surface area (Å²) in [5.41, 5.74) is 5.22. The van der Waals surface area contributed by atoms with Crippen molar-refractivity contribution in [2.24, 2.45) is 5.73 Å². The lowest BCUT2D eigenvalue weighted by molar-refractivity contribution is 0.263. The van der Waals surface area contributed by atoms with Gasteiger partial charge in [0.05, 0.1) is 0 Å². The van der Waals surface area contributed by atoms with Gasteiger partial charge in [0.15, 0.2) is 0 Å². The minimum Gasteiger partial charge on any atom is -0.346 e. The molecule has 0 rings (SSSR count). The molecule has 4 nitrogen and oxygen atoms in total. The Hall–Kier alpha value is 0.120. The maximum absolute atomic E-state index is 10.3. The fraction of sp³-hybridized carbons (Fsp3) is 0.800. The van der Waals surface area contributed by atoms with Gasteiger partial charge >= 0.3 is 0 Å². The fourth-order valence-corrected chi connectivity index (χ4v) is 0.746. The molecule has 0 aromatic carbocycles. The van der Waals surface area contributed by atoms with Gasteiger partial charge in [0.25, 0.3) is 3.91 Å². The highest BCUT2D eigenvalue weighted by Gasteiger charge is 1.89. The third-order valence-electron chi connectivity index (χ3n) is 0.887. The van der Waals surface area contributed by atoms with E-state index in [0.717, 1.165) is 13.1 Å². The number of halogens is 1. The zero-order valence-electron chi connectivity index (χ0n) is 5.69. The summed E-state index contributed by atoms with van der Waals surface area (Å²) in [7, 11) is 0. The van der Waals surface area contributed by atoms with Crippen LogP contribution in [0.2, 0.25) is 0 Å². The third kappa shape index (κ3) is 8.12. The second-order valence-corrected chi connectivity index (χ2v) is 2.72. The van der Waals surface area contributed by atoms with Crippen molar-refractivity contribution in [2.75, 3.05) is 26.2 Å². The zero-order chi connectivity index (χ0) is 7.82. The van der Waals surface area contributed by atoms with Crippen molar-refractivity contribution in [1.82, 2.24) is 10.6 Å². The highest BCUT2D eigenvalue weighted by molar-refractivity contribution is 14.1. The molecule has 4 N–H and O–H groups in total. The molecule has 60 valence electrons. The van der Waals surface area contributed by atoms with Crippen molar-refractivity contribution in [1.29, 1.82) is 0 Å². The van der Waals surface area contributed by atoms with Crippen LogP contribution in [0, 0.1) is 0 Å². The van der Waals surface area contributed by atoms with E-state index in [2.05, 4.69) is 10.6 Å². The Bertz CT molecular complexity index is 98.9. The fourth-order valence-electron chi connectivity index (χ4n) is 0.476. The Balaban J connectivity index is 2.84. The van der Waals surface area contributed by atoms with Gasteiger partial charge in [-0.3, -0.25) is 4.79 Å². The lowest BCUT2D eigenvalue weighted by Gasteiger charge is -2.01. The quantitative estimate of drug-likeness (QED) is 0.274. The summed E-state index contributed by atoms with van der Waals surface area (Å²) in [5, 5.41) is 5.70. The number of carbonyl (C=O) groups excluding carboxylic acids is 1. The van der Waals surface area contributed by atoms with Crippen molar-refractivity contribution in [3.05, 3.63) is 0 Å². The van der Waals surface area contributed by atoms with Gasteiger partial charge in [0, 0.05) is 48.8 Å². The van der Waals surface area contributed by atoms with E-state index in [1.54, 1.807) is 22.6 Å². The first-order valence-electron chi connectivity index (χ1n) is 3.11. The number of amides is 1. The van der Waals surface area contributed by atoms with Crippen LogP contribution in [0.3, 0.4) is 0 Å². The van der Waals surface area contributed by atoms with E-state index in [-0.39, 0.29) is 3.91 Å². The Morgan fingerprint density at radius 1 is 1.40 bits per heavy atom. The first-order chi connectivity index (χ1) is 4.77. The molecule has 0 bridgehead atoms. The van der Waals surface area contributed by atoms with Gasteiger partial charge in [0.2, 0.25) is 0 Å². The van der Waals surface area contributed by atoms with E-state index in [4.69, 9.17) is 5.73 Å². The molecule has 1 amide bonds. The molecular formula is C5H12IN3O. The SMILES string of the molecule is NCCNCCNC(=O)I. The van der Waals surface area contributed by atoms with Crippen LogP contribution in [0.5, 0.6) is 0 Å². The molecule has 0 aromatic heterocycles. The first kappa shape index (κ1) is 10.1. The average molecular weight is 257 g/mol. The molecular weight excluding hydrogens is 245 g/mol. The highest BCUT2D eigenvalue weighted by Crippen LogP contribution is 1.79. The van der Waals surface area contributed by atoms with Crippen molar-refractivity contribution >= 4 is 26.5 Å². The minimum absolute atomic E-state index is 0.0212. The van der Waals surface area contributed by atoms with Gasteiger partial charge < -0.3 is 16.4 Å². The first-order valence-corrected chi connectivity index (χ1v) is 4.19. The van der Waals surface area contributed by atoms with E-state index in [1.165, 1.54) is 0 Å². The van der Waals surface area contributed by atoms with Gasteiger partial charge in [-0.1, -0.05) is 0 Å². The summed E-state index contributed by atoms with van der Waals surface area (Å²) >= 11 is 1.70. The summed E-state index contributed by atoms with van der Waals surface area (Å²) in [6, 6.07) is 0. The molecule has 0 heterocycles. The van der Waals surface area contributed by atoms with E-state index >= 15 is 0 Å². The average Bonchev–Trinajstić information content (AvgIpc) is 1.87. The number of hydrogen-bond donors (Lipinski definition) is 3. The molecule has 0 aliphatic carbocycles. The summed E-state index contributed by atoms with van der Waals surface area (Å²) in [6.07, 6.45) is 0. The van der Waals surface area contributed by atoms with Crippen molar-refractivity contribution in [3.63, 3.8) is 0 Å². The van der Waals surface area contributed by atoms with Gasteiger partial charge in [-0.05, 0) is 0 Å². The van der Waals surface area contributed by atoms with Crippen LogP contribution < -0.4 is 16.4 Å². The predicted molar refractivity (Wildman–Crippen MR) is 49.3 cm³/mol. The highest BCUT2D eigenvalue weighted by atomic mass is 127. The molecule has 0 saturated heterocycles. The summed E-state index contributed by atoms with van der Waals surface area (Å²) < 4.78 is -0.0212. The molecule has 0 unspecified atom stereocenters. The molecule has 0 saturated carbocycles. The second-order valence-electron chi connectivity index (χ2n) is 1.74. The molecule has 0 spiro atoms. The summed E-state index contributed by atoms with van der Waals surface area (Å²) in [5.74, 6) is 0. The maximum atomic E-state index is 10.3. The van der Waals surface area contributed by atoms with Crippen LogP contribution in [-0.2, 0) is 0 Å². The largest absolute Gasteiger partial charge is 0.346 e. The molecule has 0 aliphatic rings. The van der Waals surface area contributed by atoms with Crippen molar-refractivity contribution < 1.29 is 4.79 Å². The normalized spacial score (nSPS) is 9.40. The molecule has 10 heavy (non-hydrogen) atoms. The molecule has 0 fully saturated rings. The lowest BCUT2D eigenvalue weighted by Crippen LogP contribution is -2.31. The van der Waals surface area contributed by atoms with Crippen LogP contribution in [0.25, 0.3) is 0 Å². The molecule has 0 atom stereocenters. The topological polar surface area (TPSA) is 67.2 Å². The van der Waals surface area contributed by atoms with Gasteiger partial charge in [0.1, 0.15) is 0 Å². The maximum Gasteiger partial charge on any atom is 0.280 e. The third-order valence-corrected chi connectivity index (χ3v) is 1.27. The summed E-state index contributed by atoms with van der Waals surface area (Å²) in [4.78, 5) is 10.3. The van der Waals surface area contributed by atoms with Crippen molar-refractivity contribution in [3.8, 4) is 0 Å². The molecule has 5 heteroatoms. The van der Waals surface area contributed by atoms with Crippen LogP contribution in [0.4, 0.5) is 4.79 Å². The number of rotatable bonds is 5. The Morgan fingerprint density at radius 2 is 2.10 bits per heavy atom. The van der Waals surface area contributed by atoms with Gasteiger partial charge in [-0.25, -0.2) is 0 Å². The van der Waals surface area contributed by atoms with Crippen LogP contribution in [0.15, 0.2) is 0 Å². The van der Waals surface area contributed by atoms with Crippen molar-refractivity contribution in [2.45, 2.75) is 0 Å². The predicted octanol–water partition coefficient (Wildman–Crippen LogP) is -0.321. The van der Waals surface area contributed by atoms with Gasteiger partial charge in [-0.2, -0.15) is 0 Å². The van der Waals surface area contributed by atoms with E-state index in [0.29, 0.717) is 13.1 Å². The minimum atomic E-state index is -0.0212. The van der Waals surface area contributed by atoms with Gasteiger partial charge in [-0.15, -0.1) is 0 Å². The van der Waals surface area contributed by atoms with E-state index in [9.17, 15) is 4.79 Å². The summed E-state index contributed by atoms with van der Waals surface area (Å²) in [6.45, 7) is 2.89. The Kier molecular flexibility index (Phi) is 7.32.